The summed E-state index contributed by atoms with van der Waals surface area (Å²) in [7, 11) is 3.72. The van der Waals surface area contributed by atoms with E-state index in [1.807, 2.05) is 49.1 Å². The monoisotopic (exact) mass is 338 g/mol. The summed E-state index contributed by atoms with van der Waals surface area (Å²) in [6.07, 6.45) is 5.23. The average Bonchev–Trinajstić information content (AvgIpc) is 3.14. The summed E-state index contributed by atoms with van der Waals surface area (Å²) in [6, 6.07) is 13.9. The van der Waals surface area contributed by atoms with Crippen LogP contribution in [0.4, 0.5) is 4.39 Å². The zero-order valence-corrected chi connectivity index (χ0v) is 14.1. The van der Waals surface area contributed by atoms with E-state index in [2.05, 4.69) is 10.1 Å². The number of hydrogen-bond donors (Lipinski definition) is 0. The fourth-order valence-electron chi connectivity index (χ4n) is 2.34. The Balaban J connectivity index is 1.90. The van der Waals surface area contributed by atoms with Gasteiger partial charge in [0.15, 0.2) is 5.84 Å². The molecule has 0 fully saturated rings. The van der Waals surface area contributed by atoms with Gasteiger partial charge in [0.25, 0.3) is 0 Å². The third-order valence-electron chi connectivity index (χ3n) is 3.48. The molecule has 0 atom stereocenters. The first-order valence-electron chi connectivity index (χ1n) is 7.84. The summed E-state index contributed by atoms with van der Waals surface area (Å²) in [5, 5.41) is 6.29. The zero-order chi connectivity index (χ0) is 17.6. The van der Waals surface area contributed by atoms with Crippen LogP contribution in [-0.4, -0.2) is 34.5 Å². The number of halogens is 1. The molecule has 0 aliphatic rings. The topological polar surface area (TPSA) is 42.6 Å². The highest BCUT2D eigenvalue weighted by molar-refractivity contribution is 6.02. The number of para-hydroxylation sites is 1. The van der Waals surface area contributed by atoms with Crippen LogP contribution in [0.2, 0.25) is 0 Å². The van der Waals surface area contributed by atoms with Crippen molar-refractivity contribution in [3.05, 3.63) is 84.2 Å². The highest BCUT2D eigenvalue weighted by Gasteiger charge is 2.13. The number of ether oxygens (including phenoxy) is 1. The van der Waals surface area contributed by atoms with Gasteiger partial charge in [-0.15, -0.1) is 0 Å². The predicted octanol–water partition coefficient (Wildman–Crippen LogP) is 3.37. The van der Waals surface area contributed by atoms with Crippen LogP contribution in [0.15, 0.2) is 72.4 Å². The Morgan fingerprint density at radius 3 is 2.60 bits per heavy atom. The standard InChI is InChI=1S/C19H19FN4O/c1-23(2)22-19(24-12-11-21-14-24)17-5-3-4-6-18(17)25-13-15-7-9-16(20)10-8-15/h3-12,14H,13H2,1-2H3/b22-19+. The lowest BCUT2D eigenvalue weighted by Gasteiger charge is -2.16. The molecular formula is C19H19FN4O. The Labute approximate surface area is 146 Å². The van der Waals surface area contributed by atoms with Crippen molar-refractivity contribution in [2.24, 2.45) is 5.10 Å². The molecule has 0 N–H and O–H groups in total. The van der Waals surface area contributed by atoms with Gasteiger partial charge in [-0.3, -0.25) is 4.57 Å². The summed E-state index contributed by atoms with van der Waals surface area (Å²) < 4.78 is 20.8. The maximum atomic E-state index is 13.0. The first-order valence-corrected chi connectivity index (χ1v) is 7.84. The second kappa shape index (κ2) is 7.61. The van der Waals surface area contributed by atoms with Crippen molar-refractivity contribution >= 4 is 5.84 Å². The third-order valence-corrected chi connectivity index (χ3v) is 3.48. The normalized spacial score (nSPS) is 11.4. The summed E-state index contributed by atoms with van der Waals surface area (Å²) in [6.45, 7) is 0.344. The molecule has 0 unspecified atom stereocenters. The molecule has 128 valence electrons. The molecule has 0 spiro atoms. The Bertz CT molecular complexity index is 842. The van der Waals surface area contributed by atoms with Gasteiger partial charge in [-0.25, -0.2) is 9.37 Å². The number of imidazole rings is 1. The molecule has 0 saturated carbocycles. The summed E-state index contributed by atoms with van der Waals surface area (Å²) in [5.74, 6) is 1.14. The number of benzene rings is 2. The summed E-state index contributed by atoms with van der Waals surface area (Å²) >= 11 is 0. The van der Waals surface area contributed by atoms with Gasteiger partial charge in [0.05, 0.1) is 5.56 Å². The molecule has 0 bridgehead atoms. The molecule has 0 aliphatic carbocycles. The minimum absolute atomic E-state index is 0.260. The SMILES string of the molecule is CN(C)/N=C(\c1ccccc1OCc1ccc(F)cc1)n1ccnc1. The van der Waals surface area contributed by atoms with E-state index < -0.39 is 0 Å². The van der Waals surface area contributed by atoms with E-state index in [0.29, 0.717) is 18.2 Å². The number of hydrazone groups is 1. The van der Waals surface area contributed by atoms with Gasteiger partial charge in [0, 0.05) is 26.5 Å². The van der Waals surface area contributed by atoms with E-state index in [1.54, 1.807) is 29.7 Å². The molecular weight excluding hydrogens is 319 g/mol. The van der Waals surface area contributed by atoms with Gasteiger partial charge in [0.2, 0.25) is 0 Å². The van der Waals surface area contributed by atoms with Crippen LogP contribution in [0.25, 0.3) is 0 Å². The Morgan fingerprint density at radius 2 is 1.92 bits per heavy atom. The second-order valence-electron chi connectivity index (χ2n) is 5.65. The van der Waals surface area contributed by atoms with Crippen LogP contribution in [0.3, 0.4) is 0 Å². The van der Waals surface area contributed by atoms with E-state index in [1.165, 1.54) is 12.1 Å². The van der Waals surface area contributed by atoms with Crippen LogP contribution in [-0.2, 0) is 6.61 Å². The van der Waals surface area contributed by atoms with E-state index in [0.717, 1.165) is 11.1 Å². The minimum Gasteiger partial charge on any atom is -0.488 e. The van der Waals surface area contributed by atoms with Gasteiger partial charge in [-0.05, 0) is 29.8 Å². The zero-order valence-electron chi connectivity index (χ0n) is 14.1. The van der Waals surface area contributed by atoms with Crippen molar-refractivity contribution in [3.8, 4) is 5.75 Å². The molecule has 3 aromatic rings. The molecule has 5 nitrogen and oxygen atoms in total. The van der Waals surface area contributed by atoms with Crippen LogP contribution in [0.5, 0.6) is 5.75 Å². The van der Waals surface area contributed by atoms with Crippen LogP contribution >= 0.6 is 0 Å². The molecule has 2 aromatic carbocycles. The van der Waals surface area contributed by atoms with Gasteiger partial charge >= 0.3 is 0 Å². The van der Waals surface area contributed by atoms with E-state index in [9.17, 15) is 4.39 Å². The smallest absolute Gasteiger partial charge is 0.168 e. The molecule has 0 aliphatic heterocycles. The Hall–Kier alpha value is -3.15. The quantitative estimate of drug-likeness (QED) is 0.407. The number of aromatic nitrogens is 2. The molecule has 1 heterocycles. The molecule has 3 rings (SSSR count). The lowest BCUT2D eigenvalue weighted by molar-refractivity contribution is 0.305. The van der Waals surface area contributed by atoms with Crippen molar-refractivity contribution in [3.63, 3.8) is 0 Å². The number of rotatable bonds is 5. The predicted molar refractivity (Wildman–Crippen MR) is 95.0 cm³/mol. The highest BCUT2D eigenvalue weighted by Crippen LogP contribution is 2.21. The maximum Gasteiger partial charge on any atom is 0.168 e. The van der Waals surface area contributed by atoms with Crippen LogP contribution in [0, 0.1) is 5.82 Å². The molecule has 0 saturated heterocycles. The largest absolute Gasteiger partial charge is 0.488 e. The van der Waals surface area contributed by atoms with E-state index in [4.69, 9.17) is 4.74 Å². The number of nitrogens with zero attached hydrogens (tertiary/aromatic N) is 4. The molecule has 0 amide bonds. The summed E-state index contributed by atoms with van der Waals surface area (Å²) in [5.41, 5.74) is 1.74. The molecule has 1 aromatic heterocycles. The molecule has 25 heavy (non-hydrogen) atoms. The van der Waals surface area contributed by atoms with E-state index in [-0.39, 0.29) is 5.82 Å². The van der Waals surface area contributed by atoms with Crippen LogP contribution in [0.1, 0.15) is 11.1 Å². The van der Waals surface area contributed by atoms with Gasteiger partial charge < -0.3 is 9.75 Å². The highest BCUT2D eigenvalue weighted by atomic mass is 19.1. The Kier molecular flexibility index (Phi) is 5.09. The van der Waals surface area contributed by atoms with Crippen molar-refractivity contribution in [2.45, 2.75) is 6.61 Å². The van der Waals surface area contributed by atoms with Crippen molar-refractivity contribution in [1.29, 1.82) is 0 Å². The molecule has 0 radical (unpaired) electrons. The van der Waals surface area contributed by atoms with Crippen LogP contribution < -0.4 is 4.74 Å². The summed E-state index contributed by atoms with van der Waals surface area (Å²) in [4.78, 5) is 4.09. The van der Waals surface area contributed by atoms with Crippen molar-refractivity contribution in [2.75, 3.05) is 14.1 Å². The maximum absolute atomic E-state index is 13.0. The fourth-order valence-corrected chi connectivity index (χ4v) is 2.34. The van der Waals surface area contributed by atoms with Gasteiger partial charge in [0.1, 0.15) is 24.5 Å². The fraction of sp³-hybridized carbons (Fsp3) is 0.158. The second-order valence-corrected chi connectivity index (χ2v) is 5.65. The minimum atomic E-state index is -0.260. The first kappa shape index (κ1) is 16.7. The molecule has 6 heteroatoms. The average molecular weight is 338 g/mol. The number of hydrogen-bond acceptors (Lipinski definition) is 4. The van der Waals surface area contributed by atoms with Gasteiger partial charge in [-0.1, -0.05) is 24.3 Å². The third kappa shape index (κ3) is 4.23. The first-order chi connectivity index (χ1) is 12.1. The lowest BCUT2D eigenvalue weighted by atomic mass is 10.1. The Morgan fingerprint density at radius 1 is 1.16 bits per heavy atom. The van der Waals surface area contributed by atoms with Gasteiger partial charge in [-0.2, -0.15) is 5.10 Å². The lowest BCUT2D eigenvalue weighted by Crippen LogP contribution is -2.18. The van der Waals surface area contributed by atoms with Crippen molar-refractivity contribution < 1.29 is 9.13 Å². The van der Waals surface area contributed by atoms with E-state index >= 15 is 0 Å². The van der Waals surface area contributed by atoms with Crippen molar-refractivity contribution in [1.82, 2.24) is 14.6 Å².